The second-order valence-corrected chi connectivity index (χ2v) is 12.1. The van der Waals surface area contributed by atoms with E-state index >= 15 is 0 Å². The van der Waals surface area contributed by atoms with Gasteiger partial charge in [-0.3, -0.25) is 24.2 Å². The number of phenols is 1. The van der Waals surface area contributed by atoms with Crippen LogP contribution in [0.5, 0.6) is 5.75 Å². The summed E-state index contributed by atoms with van der Waals surface area (Å²) in [5.41, 5.74) is 4.28. The average molecular weight is 578 g/mol. The van der Waals surface area contributed by atoms with E-state index in [1.54, 1.807) is 25.1 Å². The lowest BCUT2D eigenvalue weighted by atomic mass is 9.58. The topological polar surface area (TPSA) is 178 Å². The van der Waals surface area contributed by atoms with Gasteiger partial charge in [0.1, 0.15) is 22.8 Å². The first kappa shape index (κ1) is 28.2. The Balaban J connectivity index is 1.54. The summed E-state index contributed by atoms with van der Waals surface area (Å²) in [5, 5.41) is 45.9. The maximum absolute atomic E-state index is 14.3. The number of benzene rings is 1. The Morgan fingerprint density at radius 1 is 1.17 bits per heavy atom. The summed E-state index contributed by atoms with van der Waals surface area (Å²) < 4.78 is 5.25. The van der Waals surface area contributed by atoms with Crippen molar-refractivity contribution in [2.24, 2.45) is 17.6 Å². The Labute approximate surface area is 242 Å². The molecule has 11 heteroatoms. The molecule has 1 amide bonds. The molecule has 0 unspecified atom stereocenters. The molecule has 0 spiro atoms. The van der Waals surface area contributed by atoms with Gasteiger partial charge in [-0.1, -0.05) is 6.42 Å². The molecule has 0 saturated carbocycles. The van der Waals surface area contributed by atoms with E-state index in [0.29, 0.717) is 23.2 Å². The van der Waals surface area contributed by atoms with Gasteiger partial charge in [0.05, 0.1) is 24.1 Å². The molecule has 1 aromatic carbocycles. The van der Waals surface area contributed by atoms with Gasteiger partial charge in [-0.25, -0.2) is 0 Å². The van der Waals surface area contributed by atoms with Gasteiger partial charge in [0.25, 0.3) is 5.91 Å². The van der Waals surface area contributed by atoms with Crippen molar-refractivity contribution in [3.63, 3.8) is 0 Å². The van der Waals surface area contributed by atoms with Crippen molar-refractivity contribution in [1.82, 2.24) is 9.80 Å². The van der Waals surface area contributed by atoms with Crippen LogP contribution in [0.25, 0.3) is 11.1 Å². The number of amides is 1. The Morgan fingerprint density at radius 3 is 2.50 bits per heavy atom. The van der Waals surface area contributed by atoms with Crippen LogP contribution in [0.4, 0.5) is 0 Å². The summed E-state index contributed by atoms with van der Waals surface area (Å²) in [4.78, 5) is 43.9. The maximum atomic E-state index is 14.3. The summed E-state index contributed by atoms with van der Waals surface area (Å²) in [6.45, 7) is 2.39. The van der Waals surface area contributed by atoms with Gasteiger partial charge in [0.2, 0.25) is 5.78 Å². The summed E-state index contributed by atoms with van der Waals surface area (Å²) in [5.74, 6) is -6.60. The molecule has 0 radical (unpaired) electrons. The number of likely N-dealkylation sites (N-methyl/N-ethyl adjacent to an activating group) is 1. The Bertz CT molecular complexity index is 1550. The van der Waals surface area contributed by atoms with Crippen molar-refractivity contribution >= 4 is 17.5 Å². The van der Waals surface area contributed by atoms with Gasteiger partial charge in [-0.2, -0.15) is 0 Å². The molecule has 6 N–H and O–H groups in total. The van der Waals surface area contributed by atoms with E-state index in [9.17, 15) is 34.8 Å². The second kappa shape index (κ2) is 10.1. The molecule has 42 heavy (non-hydrogen) atoms. The third-order valence-corrected chi connectivity index (χ3v) is 9.49. The highest BCUT2D eigenvalue weighted by Crippen LogP contribution is 2.53. The van der Waals surface area contributed by atoms with Crippen LogP contribution in [0.15, 0.2) is 51.7 Å². The minimum atomic E-state index is -2.67. The molecular formula is C31H35N3O8. The van der Waals surface area contributed by atoms with Crippen LogP contribution in [-0.4, -0.2) is 86.5 Å². The van der Waals surface area contributed by atoms with Crippen molar-refractivity contribution < 1.29 is 39.2 Å². The third-order valence-electron chi connectivity index (χ3n) is 9.49. The molecule has 3 aliphatic carbocycles. The summed E-state index contributed by atoms with van der Waals surface area (Å²) >= 11 is 0. The largest absolute Gasteiger partial charge is 0.510 e. The monoisotopic (exact) mass is 577 g/mol. The van der Waals surface area contributed by atoms with Crippen molar-refractivity contribution in [3.05, 3.63) is 64.0 Å². The highest BCUT2D eigenvalue weighted by molar-refractivity contribution is 6.25. The van der Waals surface area contributed by atoms with Gasteiger partial charge >= 0.3 is 0 Å². The number of fused-ring (bicyclic) bond motifs is 3. The smallest absolute Gasteiger partial charge is 0.255 e. The number of carbonyl (C=O) groups is 3. The SMILES string of the molecule is CN(C)[C@@H]1C(O)=C(C(N)=O)C(=O)[C@@]2(O)C(O)=C3C(=O)c4c(O)c(-c5ccoc5)cc(CN5CCCCC5)c4C[C@H]3C[C@@H]12. The molecule has 4 aliphatic rings. The summed E-state index contributed by atoms with van der Waals surface area (Å²) in [6.07, 6.45) is 6.56. The number of rotatable bonds is 5. The maximum Gasteiger partial charge on any atom is 0.255 e. The fourth-order valence-corrected chi connectivity index (χ4v) is 7.53. The zero-order chi connectivity index (χ0) is 30.1. The number of nitrogens with two attached hydrogens (primary N) is 1. The number of nitrogens with zero attached hydrogens (tertiary/aromatic N) is 2. The van der Waals surface area contributed by atoms with E-state index in [-0.39, 0.29) is 29.7 Å². The quantitative estimate of drug-likeness (QED) is 0.331. The number of Topliss-reactive ketones (excluding diaryl/α,β-unsaturated/α-hetero) is 2. The number of hydrogen-bond donors (Lipinski definition) is 5. The number of carbonyl (C=O) groups excluding carboxylic acids is 3. The number of aromatic hydroxyl groups is 1. The normalized spacial score (nSPS) is 28.1. The van der Waals surface area contributed by atoms with Crippen molar-refractivity contribution in [2.45, 2.75) is 50.3 Å². The highest BCUT2D eigenvalue weighted by atomic mass is 16.3. The zero-order valence-corrected chi connectivity index (χ0v) is 23.6. The van der Waals surface area contributed by atoms with E-state index in [2.05, 4.69) is 4.90 Å². The van der Waals surface area contributed by atoms with E-state index in [1.165, 1.54) is 12.5 Å². The standard InChI is InChI=1S/C31H35N3O8/c1-33(2)24-20-12-16-10-18-17(13-34-7-4-3-5-8-34)11-19(15-6-9-42-14-15)25(35)22(18)26(36)21(16)28(38)31(20,41)29(39)23(27(24)37)30(32)40/h6,9,11,14,16,20,24,35,37-38,41H,3-5,7-8,10,12-13H2,1-2H3,(H2,32,40)/t16-,20-,24-,31-/m0/s1. The molecule has 1 aliphatic heterocycles. The molecule has 1 aromatic heterocycles. The number of likely N-dealkylation sites (tertiary alicyclic amines) is 1. The minimum Gasteiger partial charge on any atom is -0.510 e. The Hall–Kier alpha value is -3.93. The summed E-state index contributed by atoms with van der Waals surface area (Å²) in [7, 11) is 3.22. The fourth-order valence-electron chi connectivity index (χ4n) is 7.53. The molecule has 11 nitrogen and oxygen atoms in total. The predicted octanol–water partition coefficient (Wildman–Crippen LogP) is 2.37. The van der Waals surface area contributed by atoms with E-state index in [4.69, 9.17) is 10.2 Å². The summed E-state index contributed by atoms with van der Waals surface area (Å²) in [6, 6.07) is 2.54. The van der Waals surface area contributed by atoms with Crippen molar-refractivity contribution in [2.75, 3.05) is 27.2 Å². The lowest BCUT2D eigenvalue weighted by Gasteiger charge is -2.50. The molecule has 2 heterocycles. The molecule has 1 saturated heterocycles. The molecule has 6 rings (SSSR count). The van der Waals surface area contributed by atoms with Crippen LogP contribution < -0.4 is 5.73 Å². The molecule has 222 valence electrons. The van der Waals surface area contributed by atoms with Gasteiger partial charge in [-0.05, 0) is 82.0 Å². The third kappa shape index (κ3) is 4.02. The van der Waals surface area contributed by atoms with Crippen LogP contribution >= 0.6 is 0 Å². The molecule has 2 aromatic rings. The van der Waals surface area contributed by atoms with E-state index in [0.717, 1.165) is 37.9 Å². The van der Waals surface area contributed by atoms with Crippen LogP contribution in [0.3, 0.4) is 0 Å². The first-order chi connectivity index (χ1) is 20.0. The van der Waals surface area contributed by atoms with Gasteiger partial charge < -0.3 is 30.6 Å². The first-order valence-electron chi connectivity index (χ1n) is 14.2. The molecule has 0 bridgehead atoms. The molecule has 1 fully saturated rings. The first-order valence-corrected chi connectivity index (χ1v) is 14.2. The number of hydrogen-bond acceptors (Lipinski definition) is 10. The molecular weight excluding hydrogens is 542 g/mol. The van der Waals surface area contributed by atoms with Gasteiger partial charge in [0, 0.05) is 29.2 Å². The average Bonchev–Trinajstić information content (AvgIpc) is 3.47. The number of phenolic OH excluding ortho intramolecular Hbond substituents is 1. The van der Waals surface area contributed by atoms with E-state index in [1.807, 2.05) is 6.07 Å². The van der Waals surface area contributed by atoms with Crippen molar-refractivity contribution in [1.29, 1.82) is 0 Å². The number of aliphatic hydroxyl groups is 3. The molecule has 4 atom stereocenters. The van der Waals surface area contributed by atoms with Gasteiger partial charge in [-0.15, -0.1) is 0 Å². The van der Waals surface area contributed by atoms with Crippen LogP contribution in [-0.2, 0) is 22.6 Å². The minimum absolute atomic E-state index is 0.0153. The highest BCUT2D eigenvalue weighted by Gasteiger charge is 2.63. The number of aliphatic hydroxyl groups excluding tert-OH is 2. The Morgan fingerprint density at radius 2 is 1.88 bits per heavy atom. The number of piperidine rings is 1. The van der Waals surface area contributed by atoms with Crippen LogP contribution in [0.2, 0.25) is 0 Å². The second-order valence-electron chi connectivity index (χ2n) is 12.1. The predicted molar refractivity (Wildman–Crippen MR) is 151 cm³/mol. The Kier molecular flexibility index (Phi) is 6.79. The number of primary amides is 1. The zero-order valence-electron chi connectivity index (χ0n) is 23.6. The van der Waals surface area contributed by atoms with Crippen LogP contribution in [0, 0.1) is 11.8 Å². The lowest BCUT2D eigenvalue weighted by Crippen LogP contribution is -2.63. The van der Waals surface area contributed by atoms with Gasteiger partial charge in [0.15, 0.2) is 11.4 Å². The van der Waals surface area contributed by atoms with E-state index < -0.39 is 58.0 Å². The lowest BCUT2D eigenvalue weighted by molar-refractivity contribution is -0.148. The number of allylic oxidation sites excluding steroid dienone is 1. The number of furan rings is 1. The van der Waals surface area contributed by atoms with Crippen molar-refractivity contribution in [3.8, 4) is 16.9 Å². The number of ketones is 2. The fraction of sp³-hybridized carbons (Fsp3) is 0.452. The van der Waals surface area contributed by atoms with Crippen LogP contribution in [0.1, 0.15) is 47.2 Å².